The summed E-state index contributed by atoms with van der Waals surface area (Å²) >= 11 is 11.8. The van der Waals surface area contributed by atoms with E-state index in [0.29, 0.717) is 0 Å². The van der Waals surface area contributed by atoms with E-state index in [9.17, 15) is 4.79 Å². The largest absolute Gasteiger partial charge is 0.273 e. The van der Waals surface area contributed by atoms with E-state index in [1.165, 1.54) is 17.3 Å². The average Bonchev–Trinajstić information content (AvgIpc) is 2.70. The lowest BCUT2D eigenvalue weighted by molar-refractivity contribution is 0.101. The minimum Gasteiger partial charge on any atom is -0.267 e. The molecule has 0 aliphatic rings. The van der Waals surface area contributed by atoms with Gasteiger partial charge in [0.2, 0.25) is 0 Å². The van der Waals surface area contributed by atoms with E-state index >= 15 is 0 Å². The highest BCUT2D eigenvalue weighted by Gasteiger charge is 2.14. The monoisotopic (exact) mass is 256 g/mol. The molecule has 1 amide bonds. The van der Waals surface area contributed by atoms with Crippen LogP contribution in [0.5, 0.6) is 0 Å². The number of hydrogen-bond acceptors (Lipinski definition) is 3. The number of carbonyl (C=O) groups excluding carboxylic acids is 1. The Bertz CT molecular complexity index is 492. The van der Waals surface area contributed by atoms with Crippen molar-refractivity contribution in [3.63, 3.8) is 0 Å². The SMILES string of the molecule is O=C(Nn1cnnc1)c1c(Cl)cccc1Cl. The zero-order chi connectivity index (χ0) is 11.5. The first kappa shape index (κ1) is 10.9. The van der Waals surface area contributed by atoms with Crippen LogP contribution in [0, 0.1) is 0 Å². The lowest BCUT2D eigenvalue weighted by Gasteiger charge is -2.07. The first-order valence-corrected chi connectivity index (χ1v) is 5.04. The summed E-state index contributed by atoms with van der Waals surface area (Å²) in [6.07, 6.45) is 2.70. The Balaban J connectivity index is 2.28. The van der Waals surface area contributed by atoms with Crippen molar-refractivity contribution in [2.45, 2.75) is 0 Å². The van der Waals surface area contributed by atoms with Crippen molar-refractivity contribution in [1.82, 2.24) is 14.9 Å². The predicted octanol–water partition coefficient (Wildman–Crippen LogP) is 1.97. The summed E-state index contributed by atoms with van der Waals surface area (Å²) in [6, 6.07) is 4.85. The Labute approximate surface area is 101 Å². The van der Waals surface area contributed by atoms with Gasteiger partial charge >= 0.3 is 0 Å². The number of rotatable bonds is 2. The quantitative estimate of drug-likeness (QED) is 0.894. The maximum atomic E-state index is 11.8. The molecule has 0 aliphatic heterocycles. The number of nitrogens with zero attached hydrogens (tertiary/aromatic N) is 3. The van der Waals surface area contributed by atoms with Gasteiger partial charge in [0.15, 0.2) is 0 Å². The highest BCUT2D eigenvalue weighted by atomic mass is 35.5. The Kier molecular flexibility index (Phi) is 3.07. The van der Waals surface area contributed by atoms with E-state index in [1.54, 1.807) is 18.2 Å². The third-order valence-electron chi connectivity index (χ3n) is 1.84. The standard InChI is InChI=1S/C9H6Cl2N4O/c10-6-2-1-3-7(11)8(6)9(16)14-15-4-12-13-5-15/h1-5H,(H,14,16). The molecule has 0 radical (unpaired) electrons. The highest BCUT2D eigenvalue weighted by molar-refractivity contribution is 6.40. The minimum absolute atomic E-state index is 0.222. The Morgan fingerprint density at radius 1 is 1.19 bits per heavy atom. The number of nitrogens with one attached hydrogen (secondary N) is 1. The number of benzene rings is 1. The van der Waals surface area contributed by atoms with Crippen LogP contribution in [-0.2, 0) is 0 Å². The molecule has 0 saturated heterocycles. The molecule has 2 aromatic rings. The van der Waals surface area contributed by atoms with Gasteiger partial charge in [0.05, 0.1) is 15.6 Å². The second-order valence-corrected chi connectivity index (χ2v) is 3.72. The minimum atomic E-state index is -0.421. The number of aromatic nitrogens is 3. The van der Waals surface area contributed by atoms with Crippen LogP contribution in [0.3, 0.4) is 0 Å². The van der Waals surface area contributed by atoms with Crippen LogP contribution >= 0.6 is 23.2 Å². The van der Waals surface area contributed by atoms with Crippen LogP contribution in [0.1, 0.15) is 10.4 Å². The molecule has 0 fully saturated rings. The smallest absolute Gasteiger partial charge is 0.267 e. The van der Waals surface area contributed by atoms with Crippen molar-refractivity contribution in [1.29, 1.82) is 0 Å². The van der Waals surface area contributed by atoms with E-state index in [1.807, 2.05) is 0 Å². The molecule has 1 aromatic carbocycles. The van der Waals surface area contributed by atoms with Gasteiger partial charge in [0.25, 0.3) is 5.91 Å². The predicted molar refractivity (Wildman–Crippen MR) is 60.2 cm³/mol. The Hall–Kier alpha value is -1.59. The number of halogens is 2. The fourth-order valence-electron chi connectivity index (χ4n) is 1.15. The van der Waals surface area contributed by atoms with Crippen molar-refractivity contribution < 1.29 is 4.79 Å². The van der Waals surface area contributed by atoms with Crippen molar-refractivity contribution in [3.05, 3.63) is 46.5 Å². The molecular weight excluding hydrogens is 251 g/mol. The first-order valence-electron chi connectivity index (χ1n) is 4.28. The summed E-state index contributed by atoms with van der Waals surface area (Å²) in [5.74, 6) is -0.421. The molecule has 0 unspecified atom stereocenters. The zero-order valence-corrected chi connectivity index (χ0v) is 9.40. The molecule has 0 bridgehead atoms. The molecule has 0 spiro atoms. The fourth-order valence-corrected chi connectivity index (χ4v) is 1.72. The Morgan fingerprint density at radius 3 is 2.31 bits per heavy atom. The Morgan fingerprint density at radius 2 is 1.75 bits per heavy atom. The second-order valence-electron chi connectivity index (χ2n) is 2.91. The zero-order valence-electron chi connectivity index (χ0n) is 7.89. The molecule has 1 heterocycles. The van der Waals surface area contributed by atoms with E-state index in [2.05, 4.69) is 15.6 Å². The molecule has 0 aliphatic carbocycles. The molecule has 1 N–H and O–H groups in total. The lowest BCUT2D eigenvalue weighted by atomic mass is 10.2. The molecule has 0 saturated carbocycles. The lowest BCUT2D eigenvalue weighted by Crippen LogP contribution is -2.22. The molecule has 82 valence electrons. The van der Waals surface area contributed by atoms with E-state index in [4.69, 9.17) is 23.2 Å². The van der Waals surface area contributed by atoms with Crippen LogP contribution in [0.2, 0.25) is 10.0 Å². The van der Waals surface area contributed by atoms with Crippen LogP contribution in [0.4, 0.5) is 0 Å². The average molecular weight is 257 g/mol. The number of amides is 1. The van der Waals surface area contributed by atoms with Gasteiger partial charge in [-0.25, -0.2) is 4.68 Å². The van der Waals surface area contributed by atoms with E-state index < -0.39 is 5.91 Å². The molecule has 2 rings (SSSR count). The molecule has 16 heavy (non-hydrogen) atoms. The molecule has 1 aromatic heterocycles. The molecule has 0 atom stereocenters. The van der Waals surface area contributed by atoms with Crippen LogP contribution in [0.25, 0.3) is 0 Å². The van der Waals surface area contributed by atoms with Gasteiger partial charge in [-0.15, -0.1) is 10.2 Å². The van der Waals surface area contributed by atoms with Crippen LogP contribution < -0.4 is 5.43 Å². The summed E-state index contributed by atoms with van der Waals surface area (Å²) < 4.78 is 1.31. The first-order chi connectivity index (χ1) is 7.68. The normalized spacial score (nSPS) is 10.1. The van der Waals surface area contributed by atoms with Crippen LogP contribution in [-0.4, -0.2) is 20.8 Å². The van der Waals surface area contributed by atoms with Crippen molar-refractivity contribution in [2.75, 3.05) is 5.43 Å². The van der Waals surface area contributed by atoms with Gasteiger partial charge < -0.3 is 0 Å². The highest BCUT2D eigenvalue weighted by Crippen LogP contribution is 2.24. The number of hydrogen-bond donors (Lipinski definition) is 1. The summed E-state index contributed by atoms with van der Waals surface area (Å²) in [7, 11) is 0. The second kappa shape index (κ2) is 4.51. The number of carbonyl (C=O) groups is 1. The summed E-state index contributed by atoms with van der Waals surface area (Å²) in [5, 5.41) is 7.67. The van der Waals surface area contributed by atoms with Crippen LogP contribution in [0.15, 0.2) is 30.9 Å². The summed E-state index contributed by atoms with van der Waals surface area (Å²) in [5.41, 5.74) is 2.73. The summed E-state index contributed by atoms with van der Waals surface area (Å²) in [6.45, 7) is 0. The third-order valence-corrected chi connectivity index (χ3v) is 2.47. The van der Waals surface area contributed by atoms with E-state index in [-0.39, 0.29) is 15.6 Å². The maximum Gasteiger partial charge on any atom is 0.273 e. The molecule has 5 nitrogen and oxygen atoms in total. The summed E-state index contributed by atoms with van der Waals surface area (Å²) in [4.78, 5) is 11.8. The third kappa shape index (κ3) is 2.15. The fraction of sp³-hybridized carbons (Fsp3) is 0. The molecular formula is C9H6Cl2N4O. The van der Waals surface area contributed by atoms with Gasteiger partial charge in [-0.3, -0.25) is 10.2 Å². The topological polar surface area (TPSA) is 59.8 Å². The van der Waals surface area contributed by atoms with Crippen molar-refractivity contribution >= 4 is 29.1 Å². The van der Waals surface area contributed by atoms with E-state index in [0.717, 1.165) is 0 Å². The van der Waals surface area contributed by atoms with Gasteiger partial charge in [-0.2, -0.15) is 0 Å². The van der Waals surface area contributed by atoms with Crippen molar-refractivity contribution in [3.8, 4) is 0 Å². The van der Waals surface area contributed by atoms with Gasteiger partial charge in [-0.1, -0.05) is 29.3 Å². The van der Waals surface area contributed by atoms with Gasteiger partial charge in [0.1, 0.15) is 12.7 Å². The van der Waals surface area contributed by atoms with Gasteiger partial charge in [0, 0.05) is 0 Å². The van der Waals surface area contributed by atoms with Gasteiger partial charge in [-0.05, 0) is 12.1 Å². The molecule has 7 heteroatoms. The van der Waals surface area contributed by atoms with Crippen molar-refractivity contribution in [2.24, 2.45) is 0 Å². The maximum absolute atomic E-state index is 11.8.